The van der Waals surface area contributed by atoms with Crippen LogP contribution in [0, 0.1) is 6.92 Å². The third kappa shape index (κ3) is 2.15. The number of benzene rings is 2. The molecule has 2 heteroatoms. The molecule has 0 N–H and O–H groups in total. The van der Waals surface area contributed by atoms with Crippen LogP contribution in [0.15, 0.2) is 60.8 Å². The number of fused-ring (bicyclic) bond motifs is 1. The molecule has 0 aliphatic heterocycles. The number of hydrogen-bond acceptors (Lipinski definition) is 0. The standard InChI is InChI=1S/C17H15ClN/c1-2-16(13-7-4-3-5-8-13)19-12-11-14-9-6-10-15(18)17(14)19/h3-12,16H,1-2H2. The average Bonchev–Trinajstić information content (AvgIpc) is 2.86. The minimum Gasteiger partial charge on any atom is -0.339 e. The van der Waals surface area contributed by atoms with Gasteiger partial charge in [-0.1, -0.05) is 61.0 Å². The molecular weight excluding hydrogens is 254 g/mol. The highest BCUT2D eigenvalue weighted by molar-refractivity contribution is 6.35. The Morgan fingerprint density at radius 3 is 2.53 bits per heavy atom. The maximum Gasteiger partial charge on any atom is 0.0675 e. The summed E-state index contributed by atoms with van der Waals surface area (Å²) in [4.78, 5) is 0. The van der Waals surface area contributed by atoms with E-state index in [4.69, 9.17) is 11.6 Å². The highest BCUT2D eigenvalue weighted by atomic mass is 35.5. The van der Waals surface area contributed by atoms with Gasteiger partial charge in [-0.3, -0.25) is 0 Å². The highest BCUT2D eigenvalue weighted by Crippen LogP contribution is 2.31. The fourth-order valence-corrected chi connectivity index (χ4v) is 2.85. The Bertz CT molecular complexity index is 685. The van der Waals surface area contributed by atoms with Gasteiger partial charge < -0.3 is 4.57 Å². The molecule has 1 radical (unpaired) electrons. The summed E-state index contributed by atoms with van der Waals surface area (Å²) in [5.41, 5.74) is 2.34. The van der Waals surface area contributed by atoms with Gasteiger partial charge in [-0.2, -0.15) is 0 Å². The van der Waals surface area contributed by atoms with Gasteiger partial charge in [-0.15, -0.1) is 0 Å². The second-order valence-corrected chi connectivity index (χ2v) is 5.02. The molecule has 3 aromatic rings. The van der Waals surface area contributed by atoms with Gasteiger partial charge in [0.2, 0.25) is 0 Å². The lowest BCUT2D eigenvalue weighted by Crippen LogP contribution is -2.08. The van der Waals surface area contributed by atoms with Gasteiger partial charge in [0.15, 0.2) is 0 Å². The molecule has 0 saturated carbocycles. The van der Waals surface area contributed by atoms with Crippen molar-refractivity contribution in [2.24, 2.45) is 0 Å². The molecule has 0 spiro atoms. The van der Waals surface area contributed by atoms with Crippen LogP contribution in [0.5, 0.6) is 0 Å². The largest absolute Gasteiger partial charge is 0.339 e. The van der Waals surface area contributed by atoms with Crippen LogP contribution in [0.25, 0.3) is 10.9 Å². The van der Waals surface area contributed by atoms with Crippen LogP contribution in [0.2, 0.25) is 5.02 Å². The lowest BCUT2D eigenvalue weighted by atomic mass is 10.0. The van der Waals surface area contributed by atoms with Crippen molar-refractivity contribution in [1.29, 1.82) is 0 Å². The van der Waals surface area contributed by atoms with Crippen LogP contribution in [0.3, 0.4) is 0 Å². The zero-order valence-corrected chi connectivity index (χ0v) is 11.3. The SMILES string of the molecule is [CH2]CC(c1ccccc1)n1ccc2cccc(Cl)c21. The Balaban J connectivity index is 2.17. The van der Waals surface area contributed by atoms with Crippen molar-refractivity contribution >= 4 is 22.5 Å². The van der Waals surface area contributed by atoms with Crippen molar-refractivity contribution in [3.05, 3.63) is 78.3 Å². The van der Waals surface area contributed by atoms with Gasteiger partial charge >= 0.3 is 0 Å². The van der Waals surface area contributed by atoms with Gasteiger partial charge in [-0.25, -0.2) is 0 Å². The second-order valence-electron chi connectivity index (χ2n) is 4.62. The summed E-state index contributed by atoms with van der Waals surface area (Å²) in [6, 6.07) is 18.8. The molecule has 19 heavy (non-hydrogen) atoms. The van der Waals surface area contributed by atoms with E-state index in [9.17, 15) is 0 Å². The number of hydrogen-bond donors (Lipinski definition) is 0. The van der Waals surface area contributed by atoms with E-state index < -0.39 is 0 Å². The average molecular weight is 269 g/mol. The van der Waals surface area contributed by atoms with Crippen molar-refractivity contribution in [2.45, 2.75) is 12.5 Å². The van der Waals surface area contributed by atoms with Gasteiger partial charge in [0.25, 0.3) is 0 Å². The smallest absolute Gasteiger partial charge is 0.0675 e. The van der Waals surface area contributed by atoms with E-state index in [2.05, 4.69) is 54.1 Å². The van der Waals surface area contributed by atoms with E-state index in [0.717, 1.165) is 17.0 Å². The van der Waals surface area contributed by atoms with Crippen LogP contribution >= 0.6 is 11.6 Å². The zero-order valence-electron chi connectivity index (χ0n) is 10.6. The summed E-state index contributed by atoms with van der Waals surface area (Å²) in [7, 11) is 0. The normalized spacial score (nSPS) is 12.7. The number of nitrogens with zero attached hydrogens (tertiary/aromatic N) is 1. The van der Waals surface area contributed by atoms with E-state index in [1.165, 1.54) is 10.9 Å². The maximum absolute atomic E-state index is 6.35. The molecule has 0 aliphatic rings. The highest BCUT2D eigenvalue weighted by Gasteiger charge is 2.14. The number of para-hydroxylation sites is 1. The quantitative estimate of drug-likeness (QED) is 0.622. The summed E-state index contributed by atoms with van der Waals surface area (Å²) in [6.45, 7) is 4.09. The third-order valence-electron chi connectivity index (χ3n) is 3.48. The van der Waals surface area contributed by atoms with E-state index in [1.807, 2.05) is 18.2 Å². The molecule has 95 valence electrons. The first-order valence-electron chi connectivity index (χ1n) is 6.40. The molecule has 0 fully saturated rings. The fourth-order valence-electron chi connectivity index (χ4n) is 2.58. The molecule has 0 aliphatic carbocycles. The van der Waals surface area contributed by atoms with Gasteiger partial charge in [0.05, 0.1) is 16.6 Å². The first-order chi connectivity index (χ1) is 9.31. The Morgan fingerprint density at radius 1 is 1.00 bits per heavy atom. The lowest BCUT2D eigenvalue weighted by Gasteiger charge is -2.19. The van der Waals surface area contributed by atoms with E-state index in [1.54, 1.807) is 0 Å². The molecule has 0 saturated heterocycles. The van der Waals surface area contributed by atoms with E-state index in [0.29, 0.717) is 0 Å². The van der Waals surface area contributed by atoms with Gasteiger partial charge in [0, 0.05) is 11.6 Å². The van der Waals surface area contributed by atoms with Crippen LogP contribution in [-0.4, -0.2) is 4.57 Å². The van der Waals surface area contributed by atoms with Gasteiger partial charge in [0.1, 0.15) is 0 Å². The third-order valence-corrected chi connectivity index (χ3v) is 3.79. The minimum atomic E-state index is 0.221. The minimum absolute atomic E-state index is 0.221. The summed E-state index contributed by atoms with van der Waals surface area (Å²) < 4.78 is 2.22. The van der Waals surface area contributed by atoms with Crippen LogP contribution < -0.4 is 0 Å². The molecule has 1 unspecified atom stereocenters. The van der Waals surface area contributed by atoms with Gasteiger partial charge in [-0.05, 0) is 24.1 Å². The zero-order chi connectivity index (χ0) is 13.2. The summed E-state index contributed by atoms with van der Waals surface area (Å²) >= 11 is 6.35. The van der Waals surface area contributed by atoms with Crippen LogP contribution in [0.1, 0.15) is 18.0 Å². The molecule has 1 atom stereocenters. The number of halogens is 1. The monoisotopic (exact) mass is 268 g/mol. The molecular formula is C17H15ClN. The Labute approximate surface area is 118 Å². The first kappa shape index (κ1) is 12.3. The van der Waals surface area contributed by atoms with Crippen molar-refractivity contribution in [1.82, 2.24) is 4.57 Å². The second kappa shape index (κ2) is 5.10. The summed E-state index contributed by atoms with van der Waals surface area (Å²) in [5, 5.41) is 1.96. The van der Waals surface area contributed by atoms with E-state index >= 15 is 0 Å². The fraction of sp³-hybridized carbons (Fsp3) is 0.118. The Hall–Kier alpha value is -1.73. The first-order valence-corrected chi connectivity index (χ1v) is 6.78. The predicted molar refractivity (Wildman–Crippen MR) is 81.5 cm³/mol. The summed E-state index contributed by atoms with van der Waals surface area (Å²) in [5.74, 6) is 0. The van der Waals surface area contributed by atoms with E-state index in [-0.39, 0.29) is 6.04 Å². The van der Waals surface area contributed by atoms with Crippen molar-refractivity contribution in [3.8, 4) is 0 Å². The van der Waals surface area contributed by atoms with Crippen molar-refractivity contribution in [2.75, 3.05) is 0 Å². The van der Waals surface area contributed by atoms with Crippen molar-refractivity contribution in [3.63, 3.8) is 0 Å². The topological polar surface area (TPSA) is 4.93 Å². The molecule has 1 heterocycles. The maximum atomic E-state index is 6.35. The molecule has 1 aromatic heterocycles. The number of rotatable bonds is 3. The van der Waals surface area contributed by atoms with Crippen LogP contribution in [0.4, 0.5) is 0 Å². The predicted octanol–water partition coefficient (Wildman–Crippen LogP) is 5.11. The molecule has 1 nitrogen and oxygen atoms in total. The lowest BCUT2D eigenvalue weighted by molar-refractivity contribution is 0.611. The number of aromatic nitrogens is 1. The Kier molecular flexibility index (Phi) is 3.31. The molecule has 0 amide bonds. The Morgan fingerprint density at radius 2 is 1.79 bits per heavy atom. The van der Waals surface area contributed by atoms with Crippen LogP contribution in [-0.2, 0) is 0 Å². The summed E-state index contributed by atoms with van der Waals surface area (Å²) in [6.07, 6.45) is 2.89. The molecule has 0 bridgehead atoms. The molecule has 3 rings (SSSR count). The molecule has 2 aromatic carbocycles. The van der Waals surface area contributed by atoms with Crippen molar-refractivity contribution < 1.29 is 0 Å².